The van der Waals surface area contributed by atoms with Gasteiger partial charge in [0.05, 0.1) is 12.0 Å². The molecule has 0 atom stereocenters. The van der Waals surface area contributed by atoms with Gasteiger partial charge in [0, 0.05) is 11.0 Å². The van der Waals surface area contributed by atoms with Gasteiger partial charge in [-0.25, -0.2) is 0 Å². The van der Waals surface area contributed by atoms with Crippen LogP contribution in [0.3, 0.4) is 0 Å². The summed E-state index contributed by atoms with van der Waals surface area (Å²) in [6.07, 6.45) is 2.34. The molecule has 2 rings (SSSR count). The van der Waals surface area contributed by atoms with Gasteiger partial charge in [0.1, 0.15) is 0 Å². The molecule has 0 bridgehead atoms. The van der Waals surface area contributed by atoms with Crippen molar-refractivity contribution in [2.75, 3.05) is 13.7 Å². The summed E-state index contributed by atoms with van der Waals surface area (Å²) in [4.78, 5) is 25.6. The average molecular weight is 372 g/mol. The molecule has 1 aliphatic heterocycles. The molecule has 0 saturated carbocycles. The summed E-state index contributed by atoms with van der Waals surface area (Å²) in [6.45, 7) is 2.33. The summed E-state index contributed by atoms with van der Waals surface area (Å²) in [7, 11) is 1.45. The van der Waals surface area contributed by atoms with Gasteiger partial charge in [-0.3, -0.25) is 14.5 Å². The van der Waals surface area contributed by atoms with Crippen LogP contribution in [-0.2, 0) is 4.79 Å². The maximum atomic E-state index is 12.2. The van der Waals surface area contributed by atoms with E-state index in [0.29, 0.717) is 27.2 Å². The quantitative estimate of drug-likeness (QED) is 0.818. The smallest absolute Gasteiger partial charge is 0.293 e. The zero-order valence-electron chi connectivity index (χ0n) is 11.6. The maximum absolute atomic E-state index is 12.2. The Hall–Kier alpha value is -1.47. The van der Waals surface area contributed by atoms with Crippen molar-refractivity contribution in [2.45, 2.75) is 13.3 Å². The Bertz CT molecular complexity index is 630. The van der Waals surface area contributed by atoms with E-state index in [9.17, 15) is 14.7 Å². The Balaban J connectivity index is 2.37. The molecule has 1 heterocycles. The zero-order chi connectivity index (χ0) is 15.6. The minimum absolute atomic E-state index is 0.000567. The van der Waals surface area contributed by atoms with Gasteiger partial charge in [0.2, 0.25) is 0 Å². The average Bonchev–Trinajstić information content (AvgIpc) is 2.70. The molecular formula is C14H14BrNO4S. The van der Waals surface area contributed by atoms with Crippen LogP contribution in [0.1, 0.15) is 18.9 Å². The highest BCUT2D eigenvalue weighted by atomic mass is 79.9. The highest BCUT2D eigenvalue weighted by Gasteiger charge is 2.34. The summed E-state index contributed by atoms with van der Waals surface area (Å²) in [5.74, 6) is 0.0173. The highest BCUT2D eigenvalue weighted by molar-refractivity contribution is 9.10. The molecule has 1 aromatic carbocycles. The molecule has 0 aromatic heterocycles. The van der Waals surface area contributed by atoms with Crippen LogP contribution in [0.5, 0.6) is 11.5 Å². The maximum Gasteiger partial charge on any atom is 0.293 e. The SMILES string of the molecule is CCCN1C(=O)SC(=Cc2cc(OC)c(O)cc2Br)C1=O. The minimum Gasteiger partial charge on any atom is -0.504 e. The van der Waals surface area contributed by atoms with Gasteiger partial charge < -0.3 is 9.84 Å². The van der Waals surface area contributed by atoms with Crippen LogP contribution in [0.25, 0.3) is 6.08 Å². The topological polar surface area (TPSA) is 66.8 Å². The van der Waals surface area contributed by atoms with E-state index in [0.717, 1.165) is 18.2 Å². The normalized spacial score (nSPS) is 16.9. The number of halogens is 1. The number of hydrogen-bond donors (Lipinski definition) is 1. The number of phenols is 1. The molecule has 0 aliphatic carbocycles. The van der Waals surface area contributed by atoms with Crippen molar-refractivity contribution in [1.29, 1.82) is 0 Å². The number of imide groups is 1. The lowest BCUT2D eigenvalue weighted by molar-refractivity contribution is -0.122. The van der Waals surface area contributed by atoms with Gasteiger partial charge in [-0.2, -0.15) is 0 Å². The molecular weight excluding hydrogens is 358 g/mol. The van der Waals surface area contributed by atoms with Gasteiger partial charge in [0.25, 0.3) is 11.1 Å². The van der Waals surface area contributed by atoms with Crippen LogP contribution in [0.4, 0.5) is 4.79 Å². The monoisotopic (exact) mass is 371 g/mol. The highest BCUT2D eigenvalue weighted by Crippen LogP contribution is 2.37. The van der Waals surface area contributed by atoms with Gasteiger partial charge >= 0.3 is 0 Å². The molecule has 7 heteroatoms. The second-order valence-electron chi connectivity index (χ2n) is 4.38. The number of carbonyl (C=O) groups excluding carboxylic acids is 2. The first-order chi connectivity index (χ1) is 9.97. The van der Waals surface area contributed by atoms with Crippen LogP contribution in [0, 0.1) is 0 Å². The Morgan fingerprint density at radius 1 is 1.43 bits per heavy atom. The number of carbonyl (C=O) groups is 2. The lowest BCUT2D eigenvalue weighted by Gasteiger charge is -2.10. The molecule has 2 amide bonds. The molecule has 21 heavy (non-hydrogen) atoms. The number of rotatable bonds is 4. The number of hydrogen-bond acceptors (Lipinski definition) is 5. The predicted molar refractivity (Wildman–Crippen MR) is 85.3 cm³/mol. The fourth-order valence-corrected chi connectivity index (χ4v) is 3.19. The second-order valence-corrected chi connectivity index (χ2v) is 6.23. The largest absolute Gasteiger partial charge is 0.504 e. The van der Waals surface area contributed by atoms with Gasteiger partial charge in [-0.05, 0) is 42.0 Å². The standard InChI is InChI=1S/C14H14BrNO4S/c1-3-4-16-13(18)12(21-14(16)19)6-8-5-11(20-2)10(17)7-9(8)15/h5-7,17H,3-4H2,1-2H3. The van der Waals surface area contributed by atoms with Crippen LogP contribution >= 0.6 is 27.7 Å². The fourth-order valence-electron chi connectivity index (χ4n) is 1.89. The molecule has 112 valence electrons. The summed E-state index contributed by atoms with van der Waals surface area (Å²) < 4.78 is 5.66. The Labute approximate surface area is 135 Å². The van der Waals surface area contributed by atoms with E-state index in [1.807, 2.05) is 6.92 Å². The molecule has 1 N–H and O–H groups in total. The van der Waals surface area contributed by atoms with Gasteiger partial charge in [-0.15, -0.1) is 0 Å². The summed E-state index contributed by atoms with van der Waals surface area (Å²) in [5, 5.41) is 9.42. The van der Waals surface area contributed by atoms with Crippen molar-refractivity contribution in [1.82, 2.24) is 4.90 Å². The van der Waals surface area contributed by atoms with Crippen molar-refractivity contribution < 1.29 is 19.4 Å². The second kappa shape index (κ2) is 6.53. The Morgan fingerprint density at radius 2 is 2.14 bits per heavy atom. The van der Waals surface area contributed by atoms with Crippen molar-refractivity contribution in [2.24, 2.45) is 0 Å². The van der Waals surface area contributed by atoms with Crippen LogP contribution in [0.2, 0.25) is 0 Å². The third kappa shape index (κ3) is 3.24. The Kier molecular flexibility index (Phi) is 4.95. The van der Waals surface area contributed by atoms with E-state index in [-0.39, 0.29) is 16.9 Å². The van der Waals surface area contributed by atoms with Crippen molar-refractivity contribution >= 4 is 44.9 Å². The first-order valence-corrected chi connectivity index (χ1v) is 7.90. The Morgan fingerprint density at radius 3 is 2.76 bits per heavy atom. The van der Waals surface area contributed by atoms with Crippen molar-refractivity contribution in [3.05, 3.63) is 27.1 Å². The minimum atomic E-state index is -0.286. The summed E-state index contributed by atoms with van der Waals surface area (Å²) in [5.41, 5.74) is 0.659. The van der Waals surface area contributed by atoms with Crippen LogP contribution < -0.4 is 4.74 Å². The van der Waals surface area contributed by atoms with E-state index in [2.05, 4.69) is 15.9 Å². The van der Waals surface area contributed by atoms with Crippen molar-refractivity contribution in [3.8, 4) is 11.5 Å². The first kappa shape index (κ1) is 15.9. The zero-order valence-corrected chi connectivity index (χ0v) is 14.0. The third-order valence-electron chi connectivity index (χ3n) is 2.91. The van der Waals surface area contributed by atoms with E-state index in [4.69, 9.17) is 4.74 Å². The van der Waals surface area contributed by atoms with E-state index in [1.54, 1.807) is 12.1 Å². The summed E-state index contributed by atoms with van der Waals surface area (Å²) in [6, 6.07) is 3.09. The molecule has 0 spiro atoms. The number of nitrogens with zero attached hydrogens (tertiary/aromatic N) is 1. The van der Waals surface area contributed by atoms with Crippen molar-refractivity contribution in [3.63, 3.8) is 0 Å². The number of aromatic hydroxyl groups is 1. The number of ether oxygens (including phenoxy) is 1. The van der Waals surface area contributed by atoms with Crippen LogP contribution in [-0.4, -0.2) is 34.8 Å². The lowest BCUT2D eigenvalue weighted by Crippen LogP contribution is -2.28. The van der Waals surface area contributed by atoms with E-state index >= 15 is 0 Å². The number of amides is 2. The van der Waals surface area contributed by atoms with E-state index < -0.39 is 0 Å². The molecule has 1 aliphatic rings. The molecule has 1 fully saturated rings. The predicted octanol–water partition coefficient (Wildman–Crippen LogP) is 3.61. The molecule has 0 radical (unpaired) electrons. The molecule has 1 aromatic rings. The van der Waals surface area contributed by atoms with Gasteiger partial charge in [0.15, 0.2) is 11.5 Å². The third-order valence-corrected chi connectivity index (χ3v) is 4.50. The number of methoxy groups -OCH3 is 1. The lowest BCUT2D eigenvalue weighted by atomic mass is 10.2. The number of phenolic OH excluding ortho intramolecular Hbond substituents is 1. The summed E-state index contributed by atoms with van der Waals surface area (Å²) >= 11 is 4.24. The fraction of sp³-hybridized carbons (Fsp3) is 0.286. The van der Waals surface area contributed by atoms with E-state index in [1.165, 1.54) is 18.1 Å². The molecule has 0 unspecified atom stereocenters. The number of thioether (sulfide) groups is 1. The van der Waals surface area contributed by atoms with Crippen LogP contribution in [0.15, 0.2) is 21.5 Å². The molecule has 5 nitrogen and oxygen atoms in total. The molecule has 1 saturated heterocycles. The first-order valence-electron chi connectivity index (χ1n) is 6.29. The number of benzene rings is 1. The van der Waals surface area contributed by atoms with Gasteiger partial charge in [-0.1, -0.05) is 22.9 Å².